The molecule has 0 aliphatic heterocycles. The molecule has 0 bridgehead atoms. The number of nitrogens with zero attached hydrogens (tertiary/aromatic N) is 3. The predicted octanol–water partition coefficient (Wildman–Crippen LogP) is -0.494. The number of carboxylic acids is 1. The van der Waals surface area contributed by atoms with Crippen LogP contribution in [-0.2, 0) is 11.3 Å². The number of amides is 1. The Bertz CT molecular complexity index is 447. The van der Waals surface area contributed by atoms with Crippen LogP contribution in [0.4, 0.5) is 0 Å². The first-order valence-corrected chi connectivity index (χ1v) is 4.97. The Morgan fingerprint density at radius 1 is 1.59 bits per heavy atom. The summed E-state index contributed by atoms with van der Waals surface area (Å²) in [5.41, 5.74) is 0.0898. The van der Waals surface area contributed by atoms with Gasteiger partial charge in [0.25, 0.3) is 5.91 Å². The number of hydrogen-bond donors (Lipinski definition) is 2. The molecule has 0 saturated heterocycles. The van der Waals surface area contributed by atoms with Gasteiger partial charge in [-0.2, -0.15) is 0 Å². The lowest BCUT2D eigenvalue weighted by Gasteiger charge is -1.99. The molecular formula is C10H12N4O3. The van der Waals surface area contributed by atoms with Gasteiger partial charge in [0.1, 0.15) is 6.54 Å². The molecule has 0 atom stereocenters. The van der Waals surface area contributed by atoms with Gasteiger partial charge in [-0.15, -0.1) is 17.4 Å². The molecule has 0 radical (unpaired) electrons. The first-order chi connectivity index (χ1) is 8.13. The normalized spacial score (nSPS) is 9.59. The molecule has 0 spiro atoms. The van der Waals surface area contributed by atoms with E-state index in [0.717, 1.165) is 4.68 Å². The molecule has 7 heteroatoms. The van der Waals surface area contributed by atoms with Crippen LogP contribution >= 0.6 is 0 Å². The molecule has 7 nitrogen and oxygen atoms in total. The number of aliphatic carboxylic acids is 1. The number of carboxylic acid groups (broad SMARTS) is 1. The molecule has 90 valence electrons. The van der Waals surface area contributed by atoms with Crippen molar-refractivity contribution in [3.05, 3.63) is 11.9 Å². The highest BCUT2D eigenvalue weighted by molar-refractivity contribution is 5.91. The summed E-state index contributed by atoms with van der Waals surface area (Å²) in [4.78, 5) is 21.9. The van der Waals surface area contributed by atoms with Gasteiger partial charge >= 0.3 is 5.97 Å². The fraction of sp³-hybridized carbons (Fsp3) is 0.400. The number of aromatic nitrogens is 3. The van der Waals surface area contributed by atoms with Crippen molar-refractivity contribution in [2.75, 3.05) is 6.54 Å². The number of carbonyl (C=O) groups excluding carboxylic acids is 1. The SMILES string of the molecule is C#CCCCNC(=O)c1cn(CC(=O)O)nn1. The second-order valence-electron chi connectivity index (χ2n) is 3.26. The predicted molar refractivity (Wildman–Crippen MR) is 58.1 cm³/mol. The zero-order valence-electron chi connectivity index (χ0n) is 9.09. The van der Waals surface area contributed by atoms with Crippen molar-refractivity contribution in [3.63, 3.8) is 0 Å². The van der Waals surface area contributed by atoms with Crippen LogP contribution in [0, 0.1) is 12.3 Å². The van der Waals surface area contributed by atoms with E-state index in [1.165, 1.54) is 6.20 Å². The van der Waals surface area contributed by atoms with Crippen molar-refractivity contribution in [1.82, 2.24) is 20.3 Å². The summed E-state index contributed by atoms with van der Waals surface area (Å²) >= 11 is 0. The summed E-state index contributed by atoms with van der Waals surface area (Å²) in [5.74, 6) is 1.02. The maximum Gasteiger partial charge on any atom is 0.325 e. The van der Waals surface area contributed by atoms with Gasteiger partial charge in [-0.3, -0.25) is 9.59 Å². The summed E-state index contributed by atoms with van der Waals surface area (Å²) in [5, 5.41) is 18.2. The van der Waals surface area contributed by atoms with Crippen LogP contribution in [0.25, 0.3) is 0 Å². The molecule has 0 fully saturated rings. The number of carbonyl (C=O) groups is 2. The standard InChI is InChI=1S/C10H12N4O3/c1-2-3-4-5-11-10(17)8-6-14(13-12-8)7-9(15)16/h1,6H,3-5,7H2,(H,11,17)(H,15,16). The van der Waals surface area contributed by atoms with E-state index < -0.39 is 11.9 Å². The van der Waals surface area contributed by atoms with E-state index in [4.69, 9.17) is 11.5 Å². The fourth-order valence-corrected chi connectivity index (χ4v) is 1.10. The first kappa shape index (κ1) is 12.7. The Balaban J connectivity index is 2.44. The Labute approximate surface area is 97.8 Å². The van der Waals surface area contributed by atoms with Crippen molar-refractivity contribution in [1.29, 1.82) is 0 Å². The number of hydrogen-bond acceptors (Lipinski definition) is 4. The average molecular weight is 236 g/mol. The van der Waals surface area contributed by atoms with E-state index in [1.807, 2.05) is 0 Å². The molecule has 0 unspecified atom stereocenters. The molecule has 1 heterocycles. The van der Waals surface area contributed by atoms with Crippen molar-refractivity contribution in [3.8, 4) is 12.3 Å². The molecule has 0 saturated carbocycles. The van der Waals surface area contributed by atoms with E-state index in [0.29, 0.717) is 19.4 Å². The monoisotopic (exact) mass is 236 g/mol. The van der Waals surface area contributed by atoms with Crippen molar-refractivity contribution >= 4 is 11.9 Å². The van der Waals surface area contributed by atoms with Crippen LogP contribution < -0.4 is 5.32 Å². The molecule has 1 aromatic heterocycles. The van der Waals surface area contributed by atoms with Crippen molar-refractivity contribution < 1.29 is 14.7 Å². The Kier molecular flexibility index (Phi) is 4.69. The minimum absolute atomic E-state index is 0.0898. The van der Waals surface area contributed by atoms with Gasteiger partial charge in [0, 0.05) is 13.0 Å². The van der Waals surface area contributed by atoms with Gasteiger partial charge in [-0.1, -0.05) is 5.21 Å². The molecule has 2 N–H and O–H groups in total. The second kappa shape index (κ2) is 6.27. The van der Waals surface area contributed by atoms with Crippen LogP contribution in [0.1, 0.15) is 23.3 Å². The number of unbranched alkanes of at least 4 members (excludes halogenated alkanes) is 1. The quantitative estimate of drug-likeness (QED) is 0.513. The van der Waals surface area contributed by atoms with Gasteiger partial charge in [-0.25, -0.2) is 4.68 Å². The summed E-state index contributed by atoms with van der Waals surface area (Å²) in [6.45, 7) is 0.131. The topological polar surface area (TPSA) is 97.1 Å². The molecule has 1 amide bonds. The third-order valence-corrected chi connectivity index (χ3v) is 1.85. The van der Waals surface area contributed by atoms with E-state index >= 15 is 0 Å². The lowest BCUT2D eigenvalue weighted by molar-refractivity contribution is -0.137. The summed E-state index contributed by atoms with van der Waals surface area (Å²) < 4.78 is 1.08. The van der Waals surface area contributed by atoms with Crippen LogP contribution in [0.2, 0.25) is 0 Å². The van der Waals surface area contributed by atoms with Gasteiger partial charge < -0.3 is 10.4 Å². The summed E-state index contributed by atoms with van der Waals surface area (Å²) in [6.07, 6.45) is 7.62. The Morgan fingerprint density at radius 3 is 3.00 bits per heavy atom. The van der Waals surface area contributed by atoms with E-state index in [-0.39, 0.29) is 12.2 Å². The lowest BCUT2D eigenvalue weighted by Crippen LogP contribution is -2.24. The lowest BCUT2D eigenvalue weighted by atomic mass is 10.3. The smallest absolute Gasteiger partial charge is 0.325 e. The molecular weight excluding hydrogens is 224 g/mol. The van der Waals surface area contributed by atoms with Crippen LogP contribution in [-0.4, -0.2) is 38.5 Å². The molecule has 0 aromatic carbocycles. The maximum absolute atomic E-state index is 11.5. The van der Waals surface area contributed by atoms with Gasteiger partial charge in [-0.05, 0) is 6.42 Å². The highest BCUT2D eigenvalue weighted by atomic mass is 16.4. The third kappa shape index (κ3) is 4.34. The molecule has 0 aliphatic carbocycles. The Morgan fingerprint density at radius 2 is 2.35 bits per heavy atom. The summed E-state index contributed by atoms with van der Waals surface area (Å²) in [6, 6.07) is 0. The molecule has 17 heavy (non-hydrogen) atoms. The second-order valence-corrected chi connectivity index (χ2v) is 3.26. The van der Waals surface area contributed by atoms with Crippen molar-refractivity contribution in [2.45, 2.75) is 19.4 Å². The Hall–Kier alpha value is -2.36. The minimum atomic E-state index is -1.05. The third-order valence-electron chi connectivity index (χ3n) is 1.85. The largest absolute Gasteiger partial charge is 0.480 e. The van der Waals surface area contributed by atoms with Crippen molar-refractivity contribution in [2.24, 2.45) is 0 Å². The number of rotatable bonds is 6. The molecule has 1 rings (SSSR count). The van der Waals surface area contributed by atoms with Crippen LogP contribution in [0.15, 0.2) is 6.20 Å². The number of nitrogens with one attached hydrogen (secondary N) is 1. The van der Waals surface area contributed by atoms with Gasteiger partial charge in [0.05, 0.1) is 6.20 Å². The van der Waals surface area contributed by atoms with Gasteiger partial charge in [0.2, 0.25) is 0 Å². The molecule has 0 aliphatic rings. The maximum atomic E-state index is 11.5. The summed E-state index contributed by atoms with van der Waals surface area (Å²) in [7, 11) is 0. The minimum Gasteiger partial charge on any atom is -0.480 e. The van der Waals surface area contributed by atoms with E-state index in [1.54, 1.807) is 0 Å². The van der Waals surface area contributed by atoms with E-state index in [2.05, 4.69) is 21.5 Å². The van der Waals surface area contributed by atoms with Crippen LogP contribution in [0.3, 0.4) is 0 Å². The average Bonchev–Trinajstić information content (AvgIpc) is 2.71. The van der Waals surface area contributed by atoms with Crippen LogP contribution in [0.5, 0.6) is 0 Å². The van der Waals surface area contributed by atoms with Gasteiger partial charge in [0.15, 0.2) is 5.69 Å². The highest BCUT2D eigenvalue weighted by Gasteiger charge is 2.10. The highest BCUT2D eigenvalue weighted by Crippen LogP contribution is 1.94. The van der Waals surface area contributed by atoms with E-state index in [9.17, 15) is 9.59 Å². The number of terminal acetylenes is 1. The molecule has 1 aromatic rings. The zero-order valence-corrected chi connectivity index (χ0v) is 9.09. The first-order valence-electron chi connectivity index (χ1n) is 4.97. The zero-order chi connectivity index (χ0) is 12.7. The fourth-order valence-electron chi connectivity index (χ4n) is 1.10.